The third-order valence-corrected chi connectivity index (χ3v) is 3.38. The number of tetrazole rings is 1. The predicted octanol–water partition coefficient (Wildman–Crippen LogP) is 2.67. The fourth-order valence-corrected chi connectivity index (χ4v) is 2.27. The molecule has 2 N–H and O–H groups in total. The number of nitrogens with two attached hydrogens (primary N) is 1. The van der Waals surface area contributed by atoms with Crippen LogP contribution in [0.1, 0.15) is 11.1 Å². The molecule has 2 aromatic carbocycles. The van der Waals surface area contributed by atoms with Crippen LogP contribution in [0.5, 0.6) is 0 Å². The highest BCUT2D eigenvalue weighted by atomic mass is 19.1. The number of nitrogen functional groups attached to an aromatic ring is 1. The van der Waals surface area contributed by atoms with E-state index in [0.717, 1.165) is 11.1 Å². The van der Waals surface area contributed by atoms with Crippen molar-refractivity contribution in [3.8, 4) is 17.1 Å². The maximum atomic E-state index is 13.4. The first-order chi connectivity index (χ1) is 10.1. The molecule has 106 valence electrons. The smallest absolute Gasteiger partial charge is 0.189 e. The highest BCUT2D eigenvalue weighted by Crippen LogP contribution is 2.28. The van der Waals surface area contributed by atoms with Gasteiger partial charge in [-0.05, 0) is 59.7 Å². The summed E-state index contributed by atoms with van der Waals surface area (Å²) in [6, 6.07) is 10.4. The molecule has 6 heteroatoms. The van der Waals surface area contributed by atoms with E-state index in [1.165, 1.54) is 6.07 Å². The average molecular weight is 283 g/mol. The van der Waals surface area contributed by atoms with Gasteiger partial charge in [0.25, 0.3) is 0 Å². The molecule has 0 spiro atoms. The third kappa shape index (κ3) is 2.24. The van der Waals surface area contributed by atoms with Crippen LogP contribution >= 0.6 is 0 Å². The number of aromatic nitrogens is 4. The normalized spacial score (nSPS) is 10.8. The van der Waals surface area contributed by atoms with E-state index < -0.39 is 0 Å². The lowest BCUT2D eigenvalue weighted by atomic mass is 10.1. The molecule has 0 saturated carbocycles. The molecule has 0 aliphatic carbocycles. The van der Waals surface area contributed by atoms with Gasteiger partial charge in [0.15, 0.2) is 5.82 Å². The molecule has 0 bridgehead atoms. The molecule has 0 atom stereocenters. The van der Waals surface area contributed by atoms with Crippen molar-refractivity contribution in [3.63, 3.8) is 0 Å². The van der Waals surface area contributed by atoms with E-state index in [2.05, 4.69) is 15.5 Å². The zero-order chi connectivity index (χ0) is 15.0. The second-order valence-corrected chi connectivity index (χ2v) is 4.89. The predicted molar refractivity (Wildman–Crippen MR) is 78.4 cm³/mol. The lowest BCUT2D eigenvalue weighted by molar-refractivity contribution is 0.617. The van der Waals surface area contributed by atoms with Gasteiger partial charge in [0.2, 0.25) is 0 Å². The monoisotopic (exact) mass is 283 g/mol. The summed E-state index contributed by atoms with van der Waals surface area (Å²) in [6.45, 7) is 3.64. The van der Waals surface area contributed by atoms with E-state index in [1.54, 1.807) is 29.8 Å². The SMILES string of the molecule is Cc1cc(-n2nnnc2-c2c(C)cccc2N)ccc1F. The number of hydrogen-bond acceptors (Lipinski definition) is 4. The van der Waals surface area contributed by atoms with Crippen molar-refractivity contribution < 1.29 is 4.39 Å². The van der Waals surface area contributed by atoms with E-state index in [0.29, 0.717) is 22.8 Å². The first kappa shape index (κ1) is 13.2. The molecule has 0 fully saturated rings. The van der Waals surface area contributed by atoms with E-state index in [4.69, 9.17) is 5.73 Å². The zero-order valence-corrected chi connectivity index (χ0v) is 11.7. The summed E-state index contributed by atoms with van der Waals surface area (Å²) in [5.41, 5.74) is 9.63. The lowest BCUT2D eigenvalue weighted by Gasteiger charge is -2.10. The Morgan fingerprint density at radius 2 is 1.90 bits per heavy atom. The van der Waals surface area contributed by atoms with Crippen molar-refractivity contribution in [1.82, 2.24) is 20.2 Å². The minimum Gasteiger partial charge on any atom is -0.398 e. The minimum absolute atomic E-state index is 0.260. The maximum absolute atomic E-state index is 13.4. The van der Waals surface area contributed by atoms with Gasteiger partial charge in [0.05, 0.1) is 5.69 Å². The Balaban J connectivity index is 2.20. The molecule has 0 amide bonds. The average Bonchev–Trinajstić information content (AvgIpc) is 2.91. The van der Waals surface area contributed by atoms with Gasteiger partial charge in [0.1, 0.15) is 5.82 Å². The molecule has 21 heavy (non-hydrogen) atoms. The topological polar surface area (TPSA) is 69.6 Å². The zero-order valence-electron chi connectivity index (χ0n) is 11.7. The van der Waals surface area contributed by atoms with Crippen LogP contribution in [0.15, 0.2) is 36.4 Å². The van der Waals surface area contributed by atoms with E-state index in [-0.39, 0.29) is 5.82 Å². The molecule has 3 aromatic rings. The van der Waals surface area contributed by atoms with Crippen LogP contribution in [0, 0.1) is 19.7 Å². The first-order valence-corrected chi connectivity index (χ1v) is 6.48. The van der Waals surface area contributed by atoms with Gasteiger partial charge < -0.3 is 5.73 Å². The quantitative estimate of drug-likeness (QED) is 0.734. The van der Waals surface area contributed by atoms with Crippen molar-refractivity contribution in [3.05, 3.63) is 53.3 Å². The number of hydrogen-bond donors (Lipinski definition) is 1. The summed E-state index contributed by atoms with van der Waals surface area (Å²) in [7, 11) is 0. The van der Waals surface area contributed by atoms with Crippen LogP contribution in [0.25, 0.3) is 17.1 Å². The van der Waals surface area contributed by atoms with Crippen LogP contribution in [-0.4, -0.2) is 20.2 Å². The van der Waals surface area contributed by atoms with Gasteiger partial charge in [0, 0.05) is 11.3 Å². The highest BCUT2D eigenvalue weighted by molar-refractivity contribution is 5.75. The fourth-order valence-electron chi connectivity index (χ4n) is 2.27. The summed E-state index contributed by atoms with van der Waals surface area (Å²) in [5, 5.41) is 11.8. The number of rotatable bonds is 2. The van der Waals surface area contributed by atoms with E-state index in [9.17, 15) is 4.39 Å². The Kier molecular flexibility index (Phi) is 3.13. The molecule has 3 rings (SSSR count). The van der Waals surface area contributed by atoms with Gasteiger partial charge >= 0.3 is 0 Å². The van der Waals surface area contributed by atoms with Crippen molar-refractivity contribution in [1.29, 1.82) is 0 Å². The largest absolute Gasteiger partial charge is 0.398 e. The summed E-state index contributed by atoms with van der Waals surface area (Å²) < 4.78 is 15.0. The number of nitrogens with zero attached hydrogens (tertiary/aromatic N) is 4. The Morgan fingerprint density at radius 1 is 1.10 bits per heavy atom. The minimum atomic E-state index is -0.260. The van der Waals surface area contributed by atoms with Gasteiger partial charge in [-0.1, -0.05) is 12.1 Å². The number of benzene rings is 2. The van der Waals surface area contributed by atoms with Gasteiger partial charge in [-0.15, -0.1) is 5.10 Å². The third-order valence-electron chi connectivity index (χ3n) is 3.38. The number of aryl methyl sites for hydroxylation is 2. The van der Waals surface area contributed by atoms with Crippen molar-refractivity contribution in [2.24, 2.45) is 0 Å². The Morgan fingerprint density at radius 3 is 2.62 bits per heavy atom. The Labute approximate surface area is 121 Å². The summed E-state index contributed by atoms with van der Waals surface area (Å²) in [5.74, 6) is 0.278. The van der Waals surface area contributed by atoms with Crippen LogP contribution in [0.3, 0.4) is 0 Å². The Bertz CT molecular complexity index is 789. The molecule has 0 radical (unpaired) electrons. The van der Waals surface area contributed by atoms with Crippen LogP contribution in [-0.2, 0) is 0 Å². The van der Waals surface area contributed by atoms with Crippen molar-refractivity contribution in [2.75, 3.05) is 5.73 Å². The first-order valence-electron chi connectivity index (χ1n) is 6.48. The highest BCUT2D eigenvalue weighted by Gasteiger charge is 2.16. The van der Waals surface area contributed by atoms with Crippen molar-refractivity contribution >= 4 is 5.69 Å². The molecular weight excluding hydrogens is 269 g/mol. The second kappa shape index (κ2) is 4.97. The van der Waals surface area contributed by atoms with Crippen LogP contribution in [0.2, 0.25) is 0 Å². The van der Waals surface area contributed by atoms with Crippen LogP contribution < -0.4 is 5.73 Å². The van der Waals surface area contributed by atoms with E-state index in [1.807, 2.05) is 19.1 Å². The summed E-state index contributed by atoms with van der Waals surface area (Å²) >= 11 is 0. The van der Waals surface area contributed by atoms with Gasteiger partial charge in [-0.2, -0.15) is 4.68 Å². The van der Waals surface area contributed by atoms with Crippen LogP contribution in [0.4, 0.5) is 10.1 Å². The standard InChI is InChI=1S/C15H14FN5/c1-9-4-3-5-13(17)14(9)15-18-19-20-21(15)11-6-7-12(16)10(2)8-11/h3-8H,17H2,1-2H3. The van der Waals surface area contributed by atoms with Gasteiger partial charge in [-0.25, -0.2) is 4.39 Å². The maximum Gasteiger partial charge on any atom is 0.189 e. The van der Waals surface area contributed by atoms with E-state index >= 15 is 0 Å². The summed E-state index contributed by atoms with van der Waals surface area (Å²) in [4.78, 5) is 0. The molecule has 5 nitrogen and oxygen atoms in total. The number of anilines is 1. The molecule has 1 aromatic heterocycles. The molecule has 1 heterocycles. The molecule has 0 unspecified atom stereocenters. The second-order valence-electron chi connectivity index (χ2n) is 4.89. The Hall–Kier alpha value is -2.76. The summed E-state index contributed by atoms with van der Waals surface area (Å²) in [6.07, 6.45) is 0. The lowest BCUT2D eigenvalue weighted by Crippen LogP contribution is -2.03. The molecule has 0 aliphatic heterocycles. The molecule has 0 saturated heterocycles. The molecular formula is C15H14FN5. The number of halogens is 1. The van der Waals surface area contributed by atoms with Crippen molar-refractivity contribution in [2.45, 2.75) is 13.8 Å². The molecule has 0 aliphatic rings. The fraction of sp³-hybridized carbons (Fsp3) is 0.133. The van der Waals surface area contributed by atoms with Gasteiger partial charge in [-0.3, -0.25) is 0 Å².